The predicted molar refractivity (Wildman–Crippen MR) is 56.7 cm³/mol. The van der Waals surface area contributed by atoms with E-state index >= 15 is 0 Å². The quantitative estimate of drug-likeness (QED) is 0.377. The number of halogens is 1. The number of methoxy groups -OCH3 is 1. The number of carbonyl (C=O) groups excluding carboxylic acids is 1. The molecule has 0 atom stereocenters. The Morgan fingerprint density at radius 1 is 1.60 bits per heavy atom. The topological polar surface area (TPSA) is 69.4 Å². The number of esters is 1. The van der Waals surface area contributed by atoms with Gasteiger partial charge in [-0.2, -0.15) is 0 Å². The van der Waals surface area contributed by atoms with E-state index in [-0.39, 0.29) is 21.2 Å². The van der Waals surface area contributed by atoms with Crippen LogP contribution in [0.4, 0.5) is 5.69 Å². The molecule has 0 unspecified atom stereocenters. The summed E-state index contributed by atoms with van der Waals surface area (Å²) in [5.74, 6) is -0.642. The Bertz CT molecular complexity index is 435. The number of hydrogen-bond acceptors (Lipinski definition) is 5. The SMILES string of the molecule is COC(=O)c1cc(Cl)c([N+](=O)[O-])cc1S. The predicted octanol–water partition coefficient (Wildman–Crippen LogP) is 2.32. The van der Waals surface area contributed by atoms with Crippen LogP contribution in [0.15, 0.2) is 17.0 Å². The van der Waals surface area contributed by atoms with Crippen LogP contribution < -0.4 is 0 Å². The Hall–Kier alpha value is -1.27. The summed E-state index contributed by atoms with van der Waals surface area (Å²) in [5, 5.41) is 10.4. The highest BCUT2D eigenvalue weighted by molar-refractivity contribution is 7.80. The molecule has 0 aliphatic rings. The molecular weight excluding hydrogens is 242 g/mol. The molecule has 80 valence electrons. The first kappa shape index (κ1) is 11.8. The van der Waals surface area contributed by atoms with E-state index in [4.69, 9.17) is 11.6 Å². The zero-order chi connectivity index (χ0) is 11.6. The molecule has 0 saturated carbocycles. The number of nitro groups is 1. The number of rotatable bonds is 2. The summed E-state index contributed by atoms with van der Waals surface area (Å²) < 4.78 is 4.46. The maximum atomic E-state index is 11.2. The molecule has 15 heavy (non-hydrogen) atoms. The van der Waals surface area contributed by atoms with Crippen molar-refractivity contribution in [3.05, 3.63) is 32.8 Å². The van der Waals surface area contributed by atoms with E-state index in [1.165, 1.54) is 7.11 Å². The molecule has 7 heteroatoms. The fourth-order valence-electron chi connectivity index (χ4n) is 0.964. The largest absolute Gasteiger partial charge is 0.465 e. The second kappa shape index (κ2) is 4.50. The average Bonchev–Trinajstić information content (AvgIpc) is 2.19. The lowest BCUT2D eigenvalue weighted by atomic mass is 10.2. The number of hydrogen-bond donors (Lipinski definition) is 1. The van der Waals surface area contributed by atoms with E-state index in [0.29, 0.717) is 0 Å². The number of nitro benzene ring substituents is 1. The summed E-state index contributed by atoms with van der Waals surface area (Å²) in [5.41, 5.74) is -0.203. The molecule has 0 fully saturated rings. The van der Waals surface area contributed by atoms with Crippen LogP contribution in [0.2, 0.25) is 5.02 Å². The van der Waals surface area contributed by atoms with Gasteiger partial charge in [0.2, 0.25) is 0 Å². The van der Waals surface area contributed by atoms with Crippen molar-refractivity contribution in [2.45, 2.75) is 4.90 Å². The fraction of sp³-hybridized carbons (Fsp3) is 0.125. The first-order valence-electron chi connectivity index (χ1n) is 3.72. The van der Waals surface area contributed by atoms with Gasteiger partial charge in [0.15, 0.2) is 0 Å². The van der Waals surface area contributed by atoms with Crippen LogP contribution in [-0.4, -0.2) is 18.0 Å². The lowest BCUT2D eigenvalue weighted by Crippen LogP contribution is -2.03. The highest BCUT2D eigenvalue weighted by atomic mass is 35.5. The molecule has 1 rings (SSSR count). The first-order valence-corrected chi connectivity index (χ1v) is 4.55. The molecule has 0 N–H and O–H groups in total. The van der Waals surface area contributed by atoms with E-state index in [9.17, 15) is 14.9 Å². The van der Waals surface area contributed by atoms with Gasteiger partial charge in [-0.1, -0.05) is 11.6 Å². The standard InChI is InChI=1S/C8H6ClNO4S/c1-14-8(11)4-2-5(9)6(10(12)13)3-7(4)15/h2-3,15H,1H3. The van der Waals surface area contributed by atoms with Gasteiger partial charge in [0.1, 0.15) is 5.02 Å². The Balaban J connectivity index is 3.31. The van der Waals surface area contributed by atoms with Gasteiger partial charge in [-0.05, 0) is 6.07 Å². The Morgan fingerprint density at radius 3 is 2.67 bits per heavy atom. The molecule has 0 aliphatic heterocycles. The molecule has 0 bridgehead atoms. The normalized spacial score (nSPS) is 9.80. The van der Waals surface area contributed by atoms with Crippen LogP contribution in [0.1, 0.15) is 10.4 Å². The van der Waals surface area contributed by atoms with Crippen LogP contribution in [0, 0.1) is 10.1 Å². The number of thiol groups is 1. The van der Waals surface area contributed by atoms with Crippen LogP contribution in [0.3, 0.4) is 0 Å². The molecule has 0 aromatic heterocycles. The molecule has 0 radical (unpaired) electrons. The molecule has 0 saturated heterocycles. The summed E-state index contributed by atoms with van der Waals surface area (Å²) in [4.78, 5) is 21.2. The second-order valence-electron chi connectivity index (χ2n) is 2.57. The average molecular weight is 248 g/mol. The Morgan fingerprint density at radius 2 is 2.20 bits per heavy atom. The minimum absolute atomic E-state index is 0.0939. The van der Waals surface area contributed by atoms with Crippen molar-refractivity contribution in [2.75, 3.05) is 7.11 Å². The van der Waals surface area contributed by atoms with Gasteiger partial charge < -0.3 is 4.74 Å². The summed E-state index contributed by atoms with van der Waals surface area (Å²) >= 11 is 9.55. The van der Waals surface area contributed by atoms with Crippen molar-refractivity contribution in [3.8, 4) is 0 Å². The van der Waals surface area contributed by atoms with Crippen molar-refractivity contribution in [3.63, 3.8) is 0 Å². The second-order valence-corrected chi connectivity index (χ2v) is 3.46. The smallest absolute Gasteiger partial charge is 0.339 e. The van der Waals surface area contributed by atoms with E-state index in [0.717, 1.165) is 12.1 Å². The van der Waals surface area contributed by atoms with Crippen molar-refractivity contribution in [2.24, 2.45) is 0 Å². The summed E-state index contributed by atoms with van der Waals surface area (Å²) in [7, 11) is 1.20. The van der Waals surface area contributed by atoms with E-state index in [1.54, 1.807) is 0 Å². The molecular formula is C8H6ClNO4S. The number of ether oxygens (including phenoxy) is 1. The zero-order valence-corrected chi connectivity index (χ0v) is 9.21. The molecule has 0 amide bonds. The van der Waals surface area contributed by atoms with E-state index < -0.39 is 10.9 Å². The van der Waals surface area contributed by atoms with E-state index in [2.05, 4.69) is 17.4 Å². The van der Waals surface area contributed by atoms with Crippen LogP contribution >= 0.6 is 24.2 Å². The monoisotopic (exact) mass is 247 g/mol. The maximum Gasteiger partial charge on any atom is 0.339 e. The molecule has 0 heterocycles. The highest BCUT2D eigenvalue weighted by Crippen LogP contribution is 2.30. The van der Waals surface area contributed by atoms with Crippen LogP contribution in [-0.2, 0) is 4.74 Å². The minimum Gasteiger partial charge on any atom is -0.465 e. The van der Waals surface area contributed by atoms with Crippen LogP contribution in [0.5, 0.6) is 0 Å². The van der Waals surface area contributed by atoms with Crippen molar-refractivity contribution >= 4 is 35.9 Å². The lowest BCUT2D eigenvalue weighted by molar-refractivity contribution is -0.384. The van der Waals surface area contributed by atoms with Crippen molar-refractivity contribution in [1.29, 1.82) is 0 Å². The summed E-state index contributed by atoms with van der Waals surface area (Å²) in [6.07, 6.45) is 0. The molecule has 5 nitrogen and oxygen atoms in total. The van der Waals surface area contributed by atoms with Crippen molar-refractivity contribution < 1.29 is 14.5 Å². The first-order chi connectivity index (χ1) is 6.97. The number of nitrogens with zero attached hydrogens (tertiary/aromatic N) is 1. The van der Waals surface area contributed by atoms with Crippen LogP contribution in [0.25, 0.3) is 0 Å². The maximum absolute atomic E-state index is 11.2. The van der Waals surface area contributed by atoms with Gasteiger partial charge in [-0.15, -0.1) is 12.6 Å². The fourth-order valence-corrected chi connectivity index (χ4v) is 1.47. The van der Waals surface area contributed by atoms with Gasteiger partial charge in [0.05, 0.1) is 17.6 Å². The lowest BCUT2D eigenvalue weighted by Gasteiger charge is -2.03. The number of benzene rings is 1. The third-order valence-electron chi connectivity index (χ3n) is 1.67. The van der Waals surface area contributed by atoms with Gasteiger partial charge in [0, 0.05) is 11.0 Å². The van der Waals surface area contributed by atoms with Gasteiger partial charge >= 0.3 is 5.97 Å². The zero-order valence-electron chi connectivity index (χ0n) is 7.56. The highest BCUT2D eigenvalue weighted by Gasteiger charge is 2.19. The van der Waals surface area contributed by atoms with Gasteiger partial charge in [0.25, 0.3) is 5.69 Å². The molecule has 0 aliphatic carbocycles. The Labute approximate surface area is 95.5 Å². The third-order valence-corrected chi connectivity index (χ3v) is 2.34. The molecule has 1 aromatic rings. The van der Waals surface area contributed by atoms with Crippen molar-refractivity contribution in [1.82, 2.24) is 0 Å². The van der Waals surface area contributed by atoms with E-state index in [1.807, 2.05) is 0 Å². The summed E-state index contributed by atoms with van der Waals surface area (Å²) in [6, 6.07) is 2.27. The minimum atomic E-state index is -0.650. The molecule has 1 aromatic carbocycles. The summed E-state index contributed by atoms with van der Waals surface area (Å²) in [6.45, 7) is 0. The third kappa shape index (κ3) is 2.40. The van der Waals surface area contributed by atoms with Gasteiger partial charge in [-0.3, -0.25) is 10.1 Å². The molecule has 0 spiro atoms. The number of carbonyl (C=O) groups is 1. The Kier molecular flexibility index (Phi) is 3.54. The van der Waals surface area contributed by atoms with Gasteiger partial charge in [-0.25, -0.2) is 4.79 Å².